The second kappa shape index (κ2) is 5.13. The van der Waals surface area contributed by atoms with Crippen molar-refractivity contribution in [2.75, 3.05) is 12.4 Å². The third-order valence-corrected chi connectivity index (χ3v) is 3.48. The lowest BCUT2D eigenvalue weighted by atomic mass is 10.4. The van der Waals surface area contributed by atoms with Crippen molar-refractivity contribution < 1.29 is 14.2 Å². The minimum atomic E-state index is -0.631. The number of hydrogen-bond donors (Lipinski definition) is 2. The van der Waals surface area contributed by atoms with E-state index < -0.39 is 17.7 Å². The molecule has 1 aliphatic rings. The van der Waals surface area contributed by atoms with Crippen LogP contribution >= 0.6 is 11.8 Å². The molecule has 0 aromatic carbocycles. The van der Waals surface area contributed by atoms with Crippen LogP contribution in [0.1, 0.15) is 11.9 Å². The van der Waals surface area contributed by atoms with Crippen molar-refractivity contribution in [3.63, 3.8) is 0 Å². The quantitative estimate of drug-likeness (QED) is 0.756. The fourth-order valence-corrected chi connectivity index (χ4v) is 2.44. The molecule has 0 amide bonds. The standard InChI is InChI=1S/C9H12FN3O3S/c10-5-2-13(9(15)12-6(5)1-11)7-4-17-8(3-14)16-7/h2,7-8,14H,1,3-4,11H2. The van der Waals surface area contributed by atoms with Gasteiger partial charge in [-0.15, -0.1) is 11.8 Å². The van der Waals surface area contributed by atoms with Gasteiger partial charge in [0.25, 0.3) is 0 Å². The Morgan fingerprint density at radius 3 is 3.12 bits per heavy atom. The van der Waals surface area contributed by atoms with Crippen LogP contribution in [-0.2, 0) is 11.3 Å². The number of halogens is 1. The number of nitrogens with two attached hydrogens (primary N) is 1. The molecule has 1 fully saturated rings. The molecule has 0 bridgehead atoms. The maximum absolute atomic E-state index is 13.4. The van der Waals surface area contributed by atoms with E-state index in [0.29, 0.717) is 5.75 Å². The molecule has 2 heterocycles. The lowest BCUT2D eigenvalue weighted by Crippen LogP contribution is -2.30. The van der Waals surface area contributed by atoms with Gasteiger partial charge in [-0.05, 0) is 0 Å². The molecular weight excluding hydrogens is 249 g/mol. The maximum atomic E-state index is 13.4. The van der Waals surface area contributed by atoms with E-state index in [1.165, 1.54) is 11.8 Å². The number of nitrogens with zero attached hydrogens (tertiary/aromatic N) is 2. The van der Waals surface area contributed by atoms with Gasteiger partial charge in [0.05, 0.1) is 12.3 Å². The van der Waals surface area contributed by atoms with Gasteiger partial charge < -0.3 is 15.6 Å². The molecular formula is C9H12FN3O3S. The highest BCUT2D eigenvalue weighted by molar-refractivity contribution is 8.00. The summed E-state index contributed by atoms with van der Waals surface area (Å²) in [6.45, 7) is -0.270. The monoisotopic (exact) mass is 261 g/mol. The third kappa shape index (κ3) is 2.49. The molecule has 0 spiro atoms. The molecule has 94 valence electrons. The van der Waals surface area contributed by atoms with Gasteiger partial charge in [-0.2, -0.15) is 4.98 Å². The smallest absolute Gasteiger partial charge is 0.350 e. The molecule has 6 nitrogen and oxygen atoms in total. The highest BCUT2D eigenvalue weighted by atomic mass is 32.2. The van der Waals surface area contributed by atoms with E-state index in [-0.39, 0.29) is 24.3 Å². The van der Waals surface area contributed by atoms with Crippen LogP contribution in [0, 0.1) is 5.82 Å². The Morgan fingerprint density at radius 1 is 1.76 bits per heavy atom. The summed E-state index contributed by atoms with van der Waals surface area (Å²) in [6, 6.07) is 0. The van der Waals surface area contributed by atoms with E-state index in [4.69, 9.17) is 15.6 Å². The average Bonchev–Trinajstić information content (AvgIpc) is 2.80. The minimum absolute atomic E-state index is 0.0596. The Balaban J connectivity index is 2.28. The van der Waals surface area contributed by atoms with Crippen molar-refractivity contribution in [1.29, 1.82) is 0 Å². The van der Waals surface area contributed by atoms with Gasteiger partial charge in [-0.3, -0.25) is 4.57 Å². The van der Waals surface area contributed by atoms with E-state index in [0.717, 1.165) is 10.8 Å². The van der Waals surface area contributed by atoms with Crippen LogP contribution in [-0.4, -0.2) is 32.5 Å². The van der Waals surface area contributed by atoms with E-state index in [2.05, 4.69) is 4.98 Å². The molecule has 0 saturated carbocycles. The summed E-state index contributed by atoms with van der Waals surface area (Å²) >= 11 is 1.36. The van der Waals surface area contributed by atoms with Gasteiger partial charge in [-0.25, -0.2) is 9.18 Å². The summed E-state index contributed by atoms with van der Waals surface area (Å²) in [5.41, 5.74) is 4.20. The zero-order valence-electron chi connectivity index (χ0n) is 8.88. The first-order valence-electron chi connectivity index (χ1n) is 5.01. The Labute approximate surface area is 101 Å². The fourth-order valence-electron chi connectivity index (χ4n) is 1.51. The molecule has 2 unspecified atom stereocenters. The maximum Gasteiger partial charge on any atom is 0.350 e. The van der Waals surface area contributed by atoms with E-state index in [1.54, 1.807) is 0 Å². The molecule has 0 aliphatic carbocycles. The average molecular weight is 261 g/mol. The fraction of sp³-hybridized carbons (Fsp3) is 0.556. The van der Waals surface area contributed by atoms with Gasteiger partial charge in [0.1, 0.15) is 11.7 Å². The molecule has 1 saturated heterocycles. The van der Waals surface area contributed by atoms with Crippen molar-refractivity contribution in [1.82, 2.24) is 9.55 Å². The molecule has 3 N–H and O–H groups in total. The molecule has 1 aromatic rings. The highest BCUT2D eigenvalue weighted by Crippen LogP contribution is 2.30. The van der Waals surface area contributed by atoms with Crippen LogP contribution in [0.2, 0.25) is 0 Å². The first kappa shape index (κ1) is 12.5. The first-order valence-corrected chi connectivity index (χ1v) is 6.06. The van der Waals surface area contributed by atoms with Crippen LogP contribution in [0.5, 0.6) is 0 Å². The molecule has 0 radical (unpaired) electrons. The second-order valence-electron chi connectivity index (χ2n) is 3.47. The number of ether oxygens (including phenoxy) is 1. The van der Waals surface area contributed by atoms with Crippen molar-refractivity contribution in [3.05, 3.63) is 28.2 Å². The molecule has 17 heavy (non-hydrogen) atoms. The summed E-state index contributed by atoms with van der Waals surface area (Å²) < 4.78 is 19.9. The van der Waals surface area contributed by atoms with Crippen LogP contribution in [0.15, 0.2) is 11.0 Å². The van der Waals surface area contributed by atoms with Gasteiger partial charge >= 0.3 is 5.69 Å². The summed E-state index contributed by atoms with van der Waals surface area (Å²) in [4.78, 5) is 15.2. The number of hydrogen-bond acceptors (Lipinski definition) is 6. The summed E-state index contributed by atoms with van der Waals surface area (Å²) in [7, 11) is 0. The molecule has 2 rings (SSSR count). The Morgan fingerprint density at radius 2 is 2.53 bits per heavy atom. The zero-order chi connectivity index (χ0) is 12.4. The largest absolute Gasteiger partial charge is 0.393 e. The van der Waals surface area contributed by atoms with Gasteiger partial charge in [-0.1, -0.05) is 0 Å². The Bertz CT molecular complexity index is 467. The summed E-state index contributed by atoms with van der Waals surface area (Å²) in [5.74, 6) is -0.165. The number of aromatic nitrogens is 2. The number of aliphatic hydroxyl groups excluding tert-OH is 1. The SMILES string of the molecule is NCc1nc(=O)n(C2CSC(CO)O2)cc1F. The third-order valence-electron chi connectivity index (χ3n) is 2.37. The Kier molecular flexibility index (Phi) is 3.77. The van der Waals surface area contributed by atoms with Crippen LogP contribution < -0.4 is 11.4 Å². The van der Waals surface area contributed by atoms with Crippen molar-refractivity contribution in [2.24, 2.45) is 5.73 Å². The number of rotatable bonds is 3. The van der Waals surface area contributed by atoms with E-state index in [9.17, 15) is 9.18 Å². The van der Waals surface area contributed by atoms with Crippen molar-refractivity contribution >= 4 is 11.8 Å². The second-order valence-corrected chi connectivity index (χ2v) is 4.66. The normalized spacial score (nSPS) is 24.2. The minimum Gasteiger partial charge on any atom is -0.393 e. The topological polar surface area (TPSA) is 90.4 Å². The van der Waals surface area contributed by atoms with Crippen molar-refractivity contribution in [2.45, 2.75) is 18.2 Å². The number of aliphatic hydroxyl groups is 1. The predicted molar refractivity (Wildman–Crippen MR) is 59.8 cm³/mol. The van der Waals surface area contributed by atoms with Crippen LogP contribution in [0.25, 0.3) is 0 Å². The predicted octanol–water partition coefficient (Wildman–Crippen LogP) is -0.578. The summed E-state index contributed by atoms with van der Waals surface area (Å²) in [5, 5.41) is 8.90. The van der Waals surface area contributed by atoms with E-state index in [1.807, 2.05) is 0 Å². The number of thioether (sulfide) groups is 1. The lowest BCUT2D eigenvalue weighted by molar-refractivity contribution is -0.00692. The first-order chi connectivity index (χ1) is 8.15. The van der Waals surface area contributed by atoms with Gasteiger partial charge in [0.15, 0.2) is 5.82 Å². The molecule has 8 heteroatoms. The Hall–Kier alpha value is -0.960. The molecule has 2 atom stereocenters. The lowest BCUT2D eigenvalue weighted by Gasteiger charge is -2.14. The van der Waals surface area contributed by atoms with Crippen LogP contribution in [0.3, 0.4) is 0 Å². The zero-order valence-corrected chi connectivity index (χ0v) is 9.69. The van der Waals surface area contributed by atoms with Crippen molar-refractivity contribution in [3.8, 4) is 0 Å². The highest BCUT2D eigenvalue weighted by Gasteiger charge is 2.28. The molecule has 1 aromatic heterocycles. The van der Waals surface area contributed by atoms with Gasteiger partial charge in [0, 0.05) is 18.5 Å². The van der Waals surface area contributed by atoms with Gasteiger partial charge in [0.2, 0.25) is 0 Å². The summed E-state index contributed by atoms with van der Waals surface area (Å²) in [6.07, 6.45) is 0.446. The van der Waals surface area contributed by atoms with Crippen LogP contribution in [0.4, 0.5) is 4.39 Å². The van der Waals surface area contributed by atoms with E-state index >= 15 is 0 Å². The molecule has 1 aliphatic heterocycles.